The smallest absolute Gasteiger partial charge is 0.407 e. The SMILES string of the molecule is C[C@@H](C/C=C/c1cnc(N)c(Cl)c1)NC(=O)OC(C)(C)C. The summed E-state index contributed by atoms with van der Waals surface area (Å²) in [5.41, 5.74) is 5.91. The van der Waals surface area contributed by atoms with Gasteiger partial charge in [-0.2, -0.15) is 0 Å². The first kappa shape index (κ1) is 17.3. The molecular weight excluding hydrogens is 290 g/mol. The zero-order valence-electron chi connectivity index (χ0n) is 12.8. The lowest BCUT2D eigenvalue weighted by molar-refractivity contribution is 0.0509. The number of alkyl carbamates (subject to hydrolysis) is 1. The van der Waals surface area contributed by atoms with E-state index in [2.05, 4.69) is 10.3 Å². The summed E-state index contributed by atoms with van der Waals surface area (Å²) in [6.45, 7) is 7.39. The fourth-order valence-electron chi connectivity index (χ4n) is 1.53. The molecule has 6 heteroatoms. The number of nitrogens with zero attached hydrogens (tertiary/aromatic N) is 1. The highest BCUT2D eigenvalue weighted by Crippen LogP contribution is 2.17. The summed E-state index contributed by atoms with van der Waals surface area (Å²) in [5, 5.41) is 3.20. The van der Waals surface area contributed by atoms with Gasteiger partial charge >= 0.3 is 6.09 Å². The molecule has 0 spiro atoms. The molecule has 0 radical (unpaired) electrons. The van der Waals surface area contributed by atoms with Crippen LogP contribution in [0.15, 0.2) is 18.3 Å². The van der Waals surface area contributed by atoms with E-state index in [0.717, 1.165) is 5.56 Å². The van der Waals surface area contributed by atoms with Gasteiger partial charge in [0.1, 0.15) is 11.4 Å². The number of nitrogens with one attached hydrogen (secondary N) is 1. The molecule has 0 saturated heterocycles. The first-order valence-corrected chi connectivity index (χ1v) is 7.12. The monoisotopic (exact) mass is 311 g/mol. The van der Waals surface area contributed by atoms with Crippen molar-refractivity contribution >= 4 is 29.6 Å². The van der Waals surface area contributed by atoms with Gasteiger partial charge in [0.05, 0.1) is 5.02 Å². The van der Waals surface area contributed by atoms with Gasteiger partial charge in [0.15, 0.2) is 0 Å². The van der Waals surface area contributed by atoms with Crippen LogP contribution in [0.5, 0.6) is 0 Å². The second-order valence-corrected chi connectivity index (χ2v) is 6.23. The van der Waals surface area contributed by atoms with Crippen molar-refractivity contribution in [3.8, 4) is 0 Å². The number of amides is 1. The fraction of sp³-hybridized carbons (Fsp3) is 0.467. The molecule has 21 heavy (non-hydrogen) atoms. The second kappa shape index (κ2) is 7.31. The van der Waals surface area contributed by atoms with Crippen molar-refractivity contribution in [1.29, 1.82) is 0 Å². The topological polar surface area (TPSA) is 77.2 Å². The lowest BCUT2D eigenvalue weighted by atomic mass is 10.2. The van der Waals surface area contributed by atoms with Gasteiger partial charge in [-0.3, -0.25) is 0 Å². The average Bonchev–Trinajstić information content (AvgIpc) is 2.31. The van der Waals surface area contributed by atoms with Crippen LogP contribution in [0, 0.1) is 0 Å². The van der Waals surface area contributed by atoms with Gasteiger partial charge < -0.3 is 15.8 Å². The maximum Gasteiger partial charge on any atom is 0.407 e. The molecule has 1 aromatic rings. The van der Waals surface area contributed by atoms with Crippen molar-refractivity contribution < 1.29 is 9.53 Å². The molecule has 5 nitrogen and oxygen atoms in total. The highest BCUT2D eigenvalue weighted by molar-refractivity contribution is 6.32. The van der Waals surface area contributed by atoms with Gasteiger partial charge in [0, 0.05) is 12.2 Å². The molecule has 116 valence electrons. The quantitative estimate of drug-likeness (QED) is 0.890. The summed E-state index contributed by atoms with van der Waals surface area (Å²) < 4.78 is 5.19. The number of carbonyl (C=O) groups excluding carboxylic acids is 1. The molecule has 1 atom stereocenters. The third kappa shape index (κ3) is 6.99. The summed E-state index contributed by atoms with van der Waals surface area (Å²) in [6.07, 6.45) is 5.71. The number of hydrogen-bond acceptors (Lipinski definition) is 4. The van der Waals surface area contributed by atoms with Crippen molar-refractivity contribution in [3.63, 3.8) is 0 Å². The summed E-state index contributed by atoms with van der Waals surface area (Å²) in [6, 6.07) is 1.71. The van der Waals surface area contributed by atoms with Crippen molar-refractivity contribution in [1.82, 2.24) is 10.3 Å². The number of nitrogen functional groups attached to an aromatic ring is 1. The molecule has 0 unspecified atom stereocenters. The Labute approximate surface area is 130 Å². The van der Waals surface area contributed by atoms with E-state index in [1.54, 1.807) is 12.3 Å². The lowest BCUT2D eigenvalue weighted by Crippen LogP contribution is -2.37. The van der Waals surface area contributed by atoms with Gasteiger partial charge in [-0.1, -0.05) is 23.8 Å². The summed E-state index contributed by atoms with van der Waals surface area (Å²) >= 11 is 5.89. The van der Waals surface area contributed by atoms with Crippen LogP contribution in [0.2, 0.25) is 5.02 Å². The minimum absolute atomic E-state index is 0.0340. The van der Waals surface area contributed by atoms with Crippen LogP contribution in [0.3, 0.4) is 0 Å². The Hall–Kier alpha value is -1.75. The van der Waals surface area contributed by atoms with E-state index in [-0.39, 0.29) is 6.04 Å². The maximum atomic E-state index is 11.6. The predicted octanol–water partition coefficient (Wildman–Crippen LogP) is 3.63. The van der Waals surface area contributed by atoms with Gasteiger partial charge in [-0.05, 0) is 45.7 Å². The number of ether oxygens (including phenoxy) is 1. The first-order valence-electron chi connectivity index (χ1n) is 6.74. The zero-order valence-corrected chi connectivity index (χ0v) is 13.6. The number of rotatable bonds is 4. The van der Waals surface area contributed by atoms with E-state index >= 15 is 0 Å². The summed E-state index contributed by atoms with van der Waals surface area (Å²) in [4.78, 5) is 15.6. The second-order valence-electron chi connectivity index (χ2n) is 5.82. The number of nitrogens with two attached hydrogens (primary N) is 1. The van der Waals surface area contributed by atoms with Crippen molar-refractivity contribution in [2.45, 2.75) is 45.8 Å². The van der Waals surface area contributed by atoms with Crippen molar-refractivity contribution in [2.75, 3.05) is 5.73 Å². The van der Waals surface area contributed by atoms with Crippen LogP contribution in [0.1, 0.15) is 39.7 Å². The largest absolute Gasteiger partial charge is 0.444 e. The Morgan fingerprint density at radius 1 is 1.57 bits per heavy atom. The molecule has 0 aliphatic carbocycles. The van der Waals surface area contributed by atoms with Gasteiger partial charge in [0.2, 0.25) is 0 Å². The van der Waals surface area contributed by atoms with Crippen LogP contribution in [-0.2, 0) is 4.74 Å². The number of halogens is 1. The minimum atomic E-state index is -0.494. The number of hydrogen-bond donors (Lipinski definition) is 2. The van der Waals surface area contributed by atoms with Crippen LogP contribution >= 0.6 is 11.6 Å². The molecule has 1 amide bonds. The molecule has 1 heterocycles. The van der Waals surface area contributed by atoms with Crippen LogP contribution < -0.4 is 11.1 Å². The van der Waals surface area contributed by atoms with Gasteiger partial charge in [-0.15, -0.1) is 0 Å². The number of pyridine rings is 1. The Morgan fingerprint density at radius 3 is 2.81 bits per heavy atom. The predicted molar refractivity (Wildman–Crippen MR) is 86.1 cm³/mol. The number of aromatic nitrogens is 1. The normalized spacial score (nSPS) is 13.2. The van der Waals surface area contributed by atoms with Crippen LogP contribution in [0.25, 0.3) is 6.08 Å². The summed E-state index contributed by atoms with van der Waals surface area (Å²) in [7, 11) is 0. The average molecular weight is 312 g/mol. The molecule has 1 rings (SSSR count). The Kier molecular flexibility index (Phi) is 6.03. The number of carbonyl (C=O) groups is 1. The van der Waals surface area contributed by atoms with E-state index in [0.29, 0.717) is 17.3 Å². The highest BCUT2D eigenvalue weighted by atomic mass is 35.5. The van der Waals surface area contributed by atoms with E-state index in [9.17, 15) is 4.79 Å². The Morgan fingerprint density at radius 2 is 2.24 bits per heavy atom. The maximum absolute atomic E-state index is 11.6. The van der Waals surface area contributed by atoms with E-state index in [1.807, 2.05) is 39.8 Å². The highest BCUT2D eigenvalue weighted by Gasteiger charge is 2.17. The molecule has 1 aromatic heterocycles. The van der Waals surface area contributed by atoms with E-state index < -0.39 is 11.7 Å². The number of anilines is 1. The van der Waals surface area contributed by atoms with Crippen molar-refractivity contribution in [3.05, 3.63) is 28.9 Å². The Balaban J connectivity index is 2.45. The zero-order chi connectivity index (χ0) is 16.0. The van der Waals surface area contributed by atoms with Crippen LogP contribution in [0.4, 0.5) is 10.6 Å². The molecule has 0 bridgehead atoms. The molecule has 0 saturated carbocycles. The lowest BCUT2D eigenvalue weighted by Gasteiger charge is -2.21. The molecule has 0 aromatic carbocycles. The summed E-state index contributed by atoms with van der Waals surface area (Å²) in [5.74, 6) is 0.314. The van der Waals surface area contributed by atoms with Gasteiger partial charge in [-0.25, -0.2) is 9.78 Å². The van der Waals surface area contributed by atoms with Gasteiger partial charge in [0.25, 0.3) is 0 Å². The third-order valence-electron chi connectivity index (χ3n) is 2.45. The molecule has 0 aliphatic heterocycles. The fourth-order valence-corrected chi connectivity index (χ4v) is 1.71. The molecule has 3 N–H and O–H groups in total. The van der Waals surface area contributed by atoms with E-state index in [1.165, 1.54) is 0 Å². The molecule has 0 fully saturated rings. The minimum Gasteiger partial charge on any atom is -0.444 e. The molecular formula is C15H22ClN3O2. The van der Waals surface area contributed by atoms with Crippen molar-refractivity contribution in [2.24, 2.45) is 0 Å². The first-order chi connectivity index (χ1) is 9.67. The standard InChI is InChI=1S/C15H22ClN3O2/c1-10(19-14(20)21-15(2,3)4)6-5-7-11-8-12(16)13(17)18-9-11/h5,7-10H,6H2,1-4H3,(H2,17,18)(H,19,20)/b7-5+/t10-/m0/s1. The third-order valence-corrected chi connectivity index (χ3v) is 2.76. The van der Waals surface area contributed by atoms with Crippen LogP contribution in [-0.4, -0.2) is 22.7 Å². The Bertz CT molecular complexity index is 524. The molecule has 0 aliphatic rings. The van der Waals surface area contributed by atoms with E-state index in [4.69, 9.17) is 22.1 Å².